The SMILES string of the molecule is Cc1ccc(Br)c(C(=O)NC2CCCc3ccccc32)c1. The zero-order chi connectivity index (χ0) is 14.8. The Balaban J connectivity index is 1.84. The number of benzene rings is 2. The Bertz CT molecular complexity index is 681. The number of carbonyl (C=O) groups is 1. The molecule has 21 heavy (non-hydrogen) atoms. The van der Waals surface area contributed by atoms with Gasteiger partial charge in [-0.1, -0.05) is 35.9 Å². The Labute approximate surface area is 133 Å². The van der Waals surface area contributed by atoms with Gasteiger partial charge in [0.1, 0.15) is 0 Å². The van der Waals surface area contributed by atoms with E-state index in [1.807, 2.05) is 31.2 Å². The lowest BCUT2D eigenvalue weighted by Crippen LogP contribution is -2.31. The zero-order valence-electron chi connectivity index (χ0n) is 12.0. The third-order valence-corrected chi connectivity index (χ3v) is 4.73. The van der Waals surface area contributed by atoms with Gasteiger partial charge in [0.2, 0.25) is 0 Å². The summed E-state index contributed by atoms with van der Waals surface area (Å²) < 4.78 is 0.842. The van der Waals surface area contributed by atoms with Crippen LogP contribution in [-0.2, 0) is 6.42 Å². The normalized spacial score (nSPS) is 17.1. The van der Waals surface area contributed by atoms with Crippen molar-refractivity contribution >= 4 is 21.8 Å². The third-order valence-electron chi connectivity index (χ3n) is 4.04. The van der Waals surface area contributed by atoms with Crippen LogP contribution >= 0.6 is 15.9 Å². The highest BCUT2D eigenvalue weighted by atomic mass is 79.9. The van der Waals surface area contributed by atoms with Gasteiger partial charge in [-0.3, -0.25) is 4.79 Å². The number of rotatable bonds is 2. The van der Waals surface area contributed by atoms with E-state index >= 15 is 0 Å². The van der Waals surface area contributed by atoms with Gasteiger partial charge in [0.25, 0.3) is 5.91 Å². The molecule has 3 heteroatoms. The molecule has 1 N–H and O–H groups in total. The van der Waals surface area contributed by atoms with E-state index in [0.29, 0.717) is 5.56 Å². The minimum absolute atomic E-state index is 0.00715. The number of halogens is 1. The Kier molecular flexibility index (Phi) is 4.11. The number of carbonyl (C=O) groups excluding carboxylic acids is 1. The molecule has 0 heterocycles. The average molecular weight is 344 g/mol. The maximum atomic E-state index is 12.6. The molecule has 1 unspecified atom stereocenters. The number of hydrogen-bond donors (Lipinski definition) is 1. The largest absolute Gasteiger partial charge is 0.345 e. The van der Waals surface area contributed by atoms with Crippen LogP contribution in [0.2, 0.25) is 0 Å². The fourth-order valence-corrected chi connectivity index (χ4v) is 3.38. The summed E-state index contributed by atoms with van der Waals surface area (Å²) in [7, 11) is 0. The maximum absolute atomic E-state index is 12.6. The first kappa shape index (κ1) is 14.3. The van der Waals surface area contributed by atoms with Crippen molar-refractivity contribution < 1.29 is 4.79 Å². The minimum Gasteiger partial charge on any atom is -0.345 e. The van der Waals surface area contributed by atoms with Gasteiger partial charge in [-0.05, 0) is 65.4 Å². The summed E-state index contributed by atoms with van der Waals surface area (Å²) in [6, 6.07) is 14.4. The Hall–Kier alpha value is -1.61. The average Bonchev–Trinajstić information content (AvgIpc) is 2.50. The van der Waals surface area contributed by atoms with Gasteiger partial charge >= 0.3 is 0 Å². The van der Waals surface area contributed by atoms with Crippen LogP contribution in [0, 0.1) is 6.92 Å². The third kappa shape index (κ3) is 3.03. The molecule has 2 aromatic carbocycles. The molecule has 0 fully saturated rings. The molecule has 1 aliphatic carbocycles. The van der Waals surface area contributed by atoms with Crippen molar-refractivity contribution in [1.82, 2.24) is 5.32 Å². The Morgan fingerprint density at radius 2 is 2.05 bits per heavy atom. The summed E-state index contributed by atoms with van der Waals surface area (Å²) >= 11 is 3.47. The van der Waals surface area contributed by atoms with Crippen LogP contribution in [0.1, 0.15) is 45.9 Å². The monoisotopic (exact) mass is 343 g/mol. The fraction of sp³-hybridized carbons (Fsp3) is 0.278. The smallest absolute Gasteiger partial charge is 0.252 e. The van der Waals surface area contributed by atoms with Crippen LogP contribution < -0.4 is 5.32 Å². The Morgan fingerprint density at radius 3 is 2.90 bits per heavy atom. The zero-order valence-corrected chi connectivity index (χ0v) is 13.6. The second kappa shape index (κ2) is 6.02. The number of fused-ring (bicyclic) bond motifs is 1. The van der Waals surface area contributed by atoms with Crippen molar-refractivity contribution in [1.29, 1.82) is 0 Å². The van der Waals surface area contributed by atoms with Gasteiger partial charge in [-0.2, -0.15) is 0 Å². The highest BCUT2D eigenvalue weighted by Crippen LogP contribution is 2.30. The quantitative estimate of drug-likeness (QED) is 0.850. The molecule has 0 aromatic heterocycles. The second-order valence-electron chi connectivity index (χ2n) is 5.60. The van der Waals surface area contributed by atoms with E-state index in [9.17, 15) is 4.79 Å². The van der Waals surface area contributed by atoms with Crippen LogP contribution in [0.3, 0.4) is 0 Å². The second-order valence-corrected chi connectivity index (χ2v) is 6.45. The summed E-state index contributed by atoms with van der Waals surface area (Å²) in [4.78, 5) is 12.6. The van der Waals surface area contributed by atoms with E-state index in [1.165, 1.54) is 11.1 Å². The van der Waals surface area contributed by atoms with Crippen molar-refractivity contribution in [3.8, 4) is 0 Å². The van der Waals surface area contributed by atoms with Gasteiger partial charge < -0.3 is 5.32 Å². The predicted octanol–water partition coefficient (Wildman–Crippen LogP) is 4.56. The van der Waals surface area contributed by atoms with Gasteiger partial charge in [-0.15, -0.1) is 0 Å². The molecule has 0 saturated heterocycles. The highest BCUT2D eigenvalue weighted by molar-refractivity contribution is 9.10. The van der Waals surface area contributed by atoms with Gasteiger partial charge in [0, 0.05) is 4.47 Å². The van der Waals surface area contributed by atoms with Crippen LogP contribution in [-0.4, -0.2) is 5.91 Å². The standard InChI is InChI=1S/C18H18BrNO/c1-12-9-10-16(19)15(11-12)18(21)20-17-8-4-6-13-5-2-3-7-14(13)17/h2-3,5,7,9-11,17H,4,6,8H2,1H3,(H,20,21). The number of amides is 1. The van der Waals surface area contributed by atoms with Crippen molar-refractivity contribution in [2.75, 3.05) is 0 Å². The summed E-state index contributed by atoms with van der Waals surface area (Å²) in [5.41, 5.74) is 4.42. The van der Waals surface area contributed by atoms with Gasteiger partial charge in [-0.25, -0.2) is 0 Å². The molecule has 1 amide bonds. The maximum Gasteiger partial charge on any atom is 0.252 e. The van der Waals surface area contributed by atoms with E-state index in [-0.39, 0.29) is 11.9 Å². The van der Waals surface area contributed by atoms with Crippen LogP contribution in [0.15, 0.2) is 46.9 Å². The number of hydrogen-bond acceptors (Lipinski definition) is 1. The molecule has 2 aromatic rings. The summed E-state index contributed by atoms with van der Waals surface area (Å²) in [5, 5.41) is 3.19. The summed E-state index contributed by atoms with van der Waals surface area (Å²) in [6.07, 6.45) is 3.24. The first-order valence-electron chi connectivity index (χ1n) is 7.30. The lowest BCUT2D eigenvalue weighted by atomic mass is 9.87. The highest BCUT2D eigenvalue weighted by Gasteiger charge is 2.22. The number of nitrogens with one attached hydrogen (secondary N) is 1. The molecule has 0 saturated carbocycles. The Morgan fingerprint density at radius 1 is 1.24 bits per heavy atom. The molecule has 0 bridgehead atoms. The molecule has 3 rings (SSSR count). The van der Waals surface area contributed by atoms with E-state index in [2.05, 4.69) is 39.4 Å². The van der Waals surface area contributed by atoms with E-state index in [0.717, 1.165) is 29.3 Å². The van der Waals surface area contributed by atoms with Crippen LogP contribution in [0.25, 0.3) is 0 Å². The lowest BCUT2D eigenvalue weighted by Gasteiger charge is -2.26. The lowest BCUT2D eigenvalue weighted by molar-refractivity contribution is 0.0932. The van der Waals surface area contributed by atoms with Crippen molar-refractivity contribution in [3.63, 3.8) is 0 Å². The molecule has 1 atom stereocenters. The van der Waals surface area contributed by atoms with Crippen molar-refractivity contribution in [2.24, 2.45) is 0 Å². The fourth-order valence-electron chi connectivity index (χ4n) is 2.95. The van der Waals surface area contributed by atoms with E-state index in [1.54, 1.807) is 0 Å². The molecule has 0 spiro atoms. The van der Waals surface area contributed by atoms with Crippen LogP contribution in [0.4, 0.5) is 0 Å². The molecule has 108 valence electrons. The predicted molar refractivity (Wildman–Crippen MR) is 88.5 cm³/mol. The molecular weight excluding hydrogens is 326 g/mol. The van der Waals surface area contributed by atoms with Crippen molar-refractivity contribution in [3.05, 3.63) is 69.2 Å². The number of aryl methyl sites for hydroxylation is 2. The molecule has 1 aliphatic rings. The van der Waals surface area contributed by atoms with E-state index in [4.69, 9.17) is 0 Å². The van der Waals surface area contributed by atoms with Crippen LogP contribution in [0.5, 0.6) is 0 Å². The van der Waals surface area contributed by atoms with Crippen molar-refractivity contribution in [2.45, 2.75) is 32.2 Å². The van der Waals surface area contributed by atoms with Gasteiger partial charge in [0.05, 0.1) is 11.6 Å². The molecule has 0 radical (unpaired) electrons. The minimum atomic E-state index is -0.00715. The van der Waals surface area contributed by atoms with Gasteiger partial charge in [0.15, 0.2) is 0 Å². The summed E-state index contributed by atoms with van der Waals surface area (Å²) in [5.74, 6) is -0.00715. The molecular formula is C18H18BrNO. The topological polar surface area (TPSA) is 29.1 Å². The van der Waals surface area contributed by atoms with E-state index < -0.39 is 0 Å². The first-order chi connectivity index (χ1) is 10.1. The molecule has 0 aliphatic heterocycles. The molecule has 2 nitrogen and oxygen atoms in total. The first-order valence-corrected chi connectivity index (χ1v) is 8.09. The summed E-state index contributed by atoms with van der Waals surface area (Å²) in [6.45, 7) is 2.00.